The first-order chi connectivity index (χ1) is 15.6. The van der Waals surface area contributed by atoms with Crippen LogP contribution in [0.15, 0.2) is 39.0 Å². The predicted octanol–water partition coefficient (Wildman–Crippen LogP) is 5.63. The van der Waals surface area contributed by atoms with Crippen LogP contribution in [-0.4, -0.2) is 31.7 Å². The summed E-state index contributed by atoms with van der Waals surface area (Å²) in [5, 5.41) is 1.30. The maximum atomic E-state index is 14.1. The fourth-order valence-corrected chi connectivity index (χ4v) is 6.91. The van der Waals surface area contributed by atoms with Gasteiger partial charge in [0.1, 0.15) is 4.90 Å². The van der Waals surface area contributed by atoms with E-state index >= 15 is 0 Å². The van der Waals surface area contributed by atoms with E-state index in [1.807, 2.05) is 34.5 Å². The number of rotatable bonds is 5. The topological polar surface area (TPSA) is 50.3 Å². The van der Waals surface area contributed by atoms with Gasteiger partial charge in [0, 0.05) is 29.4 Å². The largest absolute Gasteiger partial charge is 0.348 e. The number of aromatic nitrogens is 1. The SMILES string of the molecule is O=S(=O)(c1c(F)c(F)c(F)c(F)c1F)C1CCN(c2nc(Cc3cccc(Br)c3)cs2)CC1. The zero-order chi connectivity index (χ0) is 23.9. The molecular weight excluding hydrogens is 551 g/mol. The molecule has 1 saturated heterocycles. The highest BCUT2D eigenvalue weighted by Gasteiger charge is 2.39. The van der Waals surface area contributed by atoms with Crippen molar-refractivity contribution in [3.05, 3.63) is 74.5 Å². The van der Waals surface area contributed by atoms with E-state index in [1.165, 1.54) is 11.3 Å². The summed E-state index contributed by atoms with van der Waals surface area (Å²) in [5.74, 6) is -11.6. The third-order valence-electron chi connectivity index (χ3n) is 5.42. The van der Waals surface area contributed by atoms with Crippen LogP contribution >= 0.6 is 27.3 Å². The van der Waals surface area contributed by atoms with Crippen LogP contribution in [0.4, 0.5) is 27.1 Å². The first kappa shape index (κ1) is 24.1. The van der Waals surface area contributed by atoms with E-state index in [0.717, 1.165) is 15.7 Å². The molecule has 1 fully saturated rings. The lowest BCUT2D eigenvalue weighted by Crippen LogP contribution is -2.40. The Labute approximate surface area is 199 Å². The summed E-state index contributed by atoms with van der Waals surface area (Å²) in [5.41, 5.74) is 1.90. The summed E-state index contributed by atoms with van der Waals surface area (Å²) < 4.78 is 94.9. The minimum atomic E-state index is -4.78. The molecule has 3 aromatic rings. The number of halogens is 6. The molecule has 33 heavy (non-hydrogen) atoms. The van der Waals surface area contributed by atoms with Gasteiger partial charge in [-0.05, 0) is 30.5 Å². The van der Waals surface area contributed by atoms with E-state index in [0.29, 0.717) is 11.6 Å². The van der Waals surface area contributed by atoms with Crippen LogP contribution in [0.2, 0.25) is 0 Å². The Morgan fingerprint density at radius 1 is 1.00 bits per heavy atom. The maximum Gasteiger partial charge on any atom is 0.200 e. The summed E-state index contributed by atoms with van der Waals surface area (Å²) in [6.07, 6.45) is 0.534. The van der Waals surface area contributed by atoms with Crippen molar-refractivity contribution in [3.63, 3.8) is 0 Å². The average Bonchev–Trinajstić information content (AvgIpc) is 3.25. The molecule has 1 aromatic heterocycles. The number of hydrogen-bond donors (Lipinski definition) is 0. The van der Waals surface area contributed by atoms with E-state index in [1.54, 1.807) is 0 Å². The van der Waals surface area contributed by atoms with Gasteiger partial charge in [-0.2, -0.15) is 0 Å². The third-order valence-corrected chi connectivity index (χ3v) is 9.14. The fourth-order valence-electron chi connectivity index (χ4n) is 3.74. The molecule has 0 radical (unpaired) electrons. The summed E-state index contributed by atoms with van der Waals surface area (Å²) in [6.45, 7) is 0.423. The van der Waals surface area contributed by atoms with Gasteiger partial charge in [-0.15, -0.1) is 11.3 Å². The Bertz CT molecular complexity index is 1280. The Kier molecular flexibility index (Phi) is 6.79. The number of hydrogen-bond acceptors (Lipinski definition) is 5. The number of piperidine rings is 1. The van der Waals surface area contributed by atoms with Gasteiger partial charge in [0.25, 0.3) is 0 Å². The van der Waals surface area contributed by atoms with Crippen LogP contribution in [0.5, 0.6) is 0 Å². The van der Waals surface area contributed by atoms with Gasteiger partial charge in [-0.3, -0.25) is 0 Å². The lowest BCUT2D eigenvalue weighted by Gasteiger charge is -2.31. The molecule has 0 N–H and O–H groups in total. The Morgan fingerprint density at radius 3 is 2.21 bits per heavy atom. The highest BCUT2D eigenvalue weighted by atomic mass is 79.9. The standard InChI is InChI=1S/C21H16BrF5N2O2S2/c22-12-3-1-2-11(8-12)9-13-10-32-21(28-13)29-6-4-14(5-7-29)33(30,31)20-18(26)16(24)15(23)17(25)19(20)27/h1-3,8,10,14H,4-7,9H2. The van der Waals surface area contributed by atoms with Crippen molar-refractivity contribution >= 4 is 42.2 Å². The molecule has 0 atom stereocenters. The summed E-state index contributed by atoms with van der Waals surface area (Å²) in [6, 6.07) is 7.79. The van der Waals surface area contributed by atoms with Crippen molar-refractivity contribution in [1.29, 1.82) is 0 Å². The first-order valence-electron chi connectivity index (χ1n) is 9.78. The van der Waals surface area contributed by atoms with E-state index in [-0.39, 0.29) is 25.9 Å². The zero-order valence-corrected chi connectivity index (χ0v) is 20.0. The second kappa shape index (κ2) is 9.30. The van der Waals surface area contributed by atoms with Crippen molar-refractivity contribution in [2.45, 2.75) is 29.4 Å². The van der Waals surface area contributed by atoms with Gasteiger partial charge < -0.3 is 4.90 Å². The first-order valence-corrected chi connectivity index (χ1v) is 13.0. The molecule has 2 aromatic carbocycles. The third kappa shape index (κ3) is 4.65. The summed E-state index contributed by atoms with van der Waals surface area (Å²) in [7, 11) is -4.78. The molecule has 1 aliphatic heterocycles. The van der Waals surface area contributed by atoms with E-state index in [9.17, 15) is 30.4 Å². The molecule has 0 spiro atoms. The van der Waals surface area contributed by atoms with Crippen molar-refractivity contribution < 1.29 is 30.4 Å². The van der Waals surface area contributed by atoms with Crippen molar-refractivity contribution in [3.8, 4) is 0 Å². The monoisotopic (exact) mass is 566 g/mol. The molecular formula is C21H16BrF5N2O2S2. The molecule has 2 heterocycles. The van der Waals surface area contributed by atoms with Crippen molar-refractivity contribution in [2.75, 3.05) is 18.0 Å². The molecule has 0 bridgehead atoms. The van der Waals surface area contributed by atoms with Gasteiger partial charge in [-0.25, -0.2) is 35.4 Å². The van der Waals surface area contributed by atoms with Gasteiger partial charge >= 0.3 is 0 Å². The fraction of sp³-hybridized carbons (Fsp3) is 0.286. The molecule has 176 valence electrons. The Balaban J connectivity index is 1.48. The van der Waals surface area contributed by atoms with E-state index in [2.05, 4.69) is 20.9 Å². The second-order valence-corrected chi connectivity index (χ2v) is 11.5. The van der Waals surface area contributed by atoms with E-state index < -0.39 is 49.1 Å². The highest BCUT2D eigenvalue weighted by Crippen LogP contribution is 2.34. The number of sulfone groups is 1. The number of anilines is 1. The van der Waals surface area contributed by atoms with Gasteiger partial charge in [0.05, 0.1) is 10.9 Å². The molecule has 4 rings (SSSR count). The van der Waals surface area contributed by atoms with Gasteiger partial charge in [0.2, 0.25) is 5.82 Å². The van der Waals surface area contributed by atoms with Crippen LogP contribution in [0.25, 0.3) is 0 Å². The molecule has 4 nitrogen and oxygen atoms in total. The lowest BCUT2D eigenvalue weighted by atomic mass is 10.1. The predicted molar refractivity (Wildman–Crippen MR) is 118 cm³/mol. The summed E-state index contributed by atoms with van der Waals surface area (Å²) >= 11 is 4.81. The quantitative estimate of drug-likeness (QED) is 0.174. The minimum absolute atomic E-state index is 0.0393. The zero-order valence-electron chi connectivity index (χ0n) is 16.8. The van der Waals surface area contributed by atoms with Crippen LogP contribution in [0.3, 0.4) is 0 Å². The van der Waals surface area contributed by atoms with Crippen LogP contribution in [-0.2, 0) is 16.3 Å². The smallest absolute Gasteiger partial charge is 0.200 e. The lowest BCUT2D eigenvalue weighted by molar-refractivity contribution is 0.356. The maximum absolute atomic E-state index is 14.1. The Morgan fingerprint density at radius 2 is 1.61 bits per heavy atom. The molecule has 0 unspecified atom stereocenters. The van der Waals surface area contributed by atoms with Gasteiger partial charge in [-0.1, -0.05) is 28.1 Å². The number of nitrogens with zero attached hydrogens (tertiary/aromatic N) is 2. The van der Waals surface area contributed by atoms with Crippen LogP contribution in [0, 0.1) is 29.1 Å². The number of benzene rings is 2. The van der Waals surface area contributed by atoms with Crippen LogP contribution in [0.1, 0.15) is 24.1 Å². The molecule has 0 aliphatic carbocycles. The highest BCUT2D eigenvalue weighted by molar-refractivity contribution is 9.10. The number of thiazole rings is 1. The van der Waals surface area contributed by atoms with E-state index in [4.69, 9.17) is 0 Å². The normalized spacial score (nSPS) is 15.3. The molecule has 0 saturated carbocycles. The van der Waals surface area contributed by atoms with Crippen molar-refractivity contribution in [1.82, 2.24) is 4.98 Å². The van der Waals surface area contributed by atoms with Crippen molar-refractivity contribution in [2.24, 2.45) is 0 Å². The molecule has 12 heteroatoms. The Hall–Kier alpha value is -2.05. The van der Waals surface area contributed by atoms with Crippen LogP contribution < -0.4 is 4.90 Å². The minimum Gasteiger partial charge on any atom is -0.348 e. The summed E-state index contributed by atoms with van der Waals surface area (Å²) in [4.78, 5) is 4.67. The van der Waals surface area contributed by atoms with Gasteiger partial charge in [0.15, 0.2) is 38.2 Å². The molecule has 1 aliphatic rings. The second-order valence-electron chi connectivity index (χ2n) is 7.56. The molecule has 0 amide bonds. The average molecular weight is 567 g/mol.